The number of hydrogen-bond donors (Lipinski definition) is 1. The number of carbonyl (C=O) groups is 1. The Morgan fingerprint density at radius 1 is 1.13 bits per heavy atom. The molecule has 0 bridgehead atoms. The lowest BCUT2D eigenvalue weighted by Gasteiger charge is -2.14. The Bertz CT molecular complexity index is 1250. The van der Waals surface area contributed by atoms with Crippen molar-refractivity contribution in [2.75, 3.05) is 33.2 Å². The van der Waals surface area contributed by atoms with E-state index in [4.69, 9.17) is 30.5 Å². The first-order chi connectivity index (χ1) is 18.4. The zero-order valence-electron chi connectivity index (χ0n) is 21.6. The van der Waals surface area contributed by atoms with E-state index in [1.54, 1.807) is 13.2 Å². The molecule has 1 aromatic carbocycles. The van der Waals surface area contributed by atoms with Crippen LogP contribution in [-0.4, -0.2) is 52.5 Å². The maximum absolute atomic E-state index is 13.0. The third kappa shape index (κ3) is 10.6. The van der Waals surface area contributed by atoms with Gasteiger partial charge in [0.2, 0.25) is 15.9 Å². The van der Waals surface area contributed by atoms with E-state index in [2.05, 4.69) is 4.98 Å². The van der Waals surface area contributed by atoms with Crippen LogP contribution in [0.2, 0.25) is 5.02 Å². The van der Waals surface area contributed by atoms with Gasteiger partial charge in [-0.05, 0) is 30.7 Å². The van der Waals surface area contributed by atoms with Crippen LogP contribution in [0.5, 0.6) is 17.4 Å². The van der Waals surface area contributed by atoms with Crippen molar-refractivity contribution >= 4 is 33.6 Å². The topological polar surface area (TPSA) is 113 Å². The van der Waals surface area contributed by atoms with Gasteiger partial charge in [0.25, 0.3) is 5.91 Å². The molecule has 1 N–H and O–H groups in total. The van der Waals surface area contributed by atoms with Gasteiger partial charge in [0, 0.05) is 38.0 Å². The highest BCUT2D eigenvalue weighted by Crippen LogP contribution is 2.37. The summed E-state index contributed by atoms with van der Waals surface area (Å²) < 4.78 is 87.0. The van der Waals surface area contributed by atoms with Gasteiger partial charge in [0.05, 0.1) is 25.0 Å². The standard InChI is InChI=1S/C25H30ClF3N2O7S/c1-4-5-6-12-39(33,34)31-23(32)22(36-3)13-17-8-9-19(37-11-7-10-35-2)15-21(17)38-24-20(26)14-18(16-30-24)25(27,28)29/h8-9,13-16H,4-7,10-12H2,1-3H3,(H,31,32)/b22-13+. The van der Waals surface area contributed by atoms with Crippen LogP contribution in [0.15, 0.2) is 36.2 Å². The van der Waals surface area contributed by atoms with Crippen molar-refractivity contribution in [3.05, 3.63) is 52.4 Å². The number of halogens is 4. The minimum absolute atomic E-state index is 0.00144. The van der Waals surface area contributed by atoms with Crippen molar-refractivity contribution in [2.45, 2.75) is 38.8 Å². The quantitative estimate of drug-likeness (QED) is 0.161. The molecule has 0 aliphatic rings. The highest BCUT2D eigenvalue weighted by atomic mass is 35.5. The van der Waals surface area contributed by atoms with Crippen molar-refractivity contribution in [1.29, 1.82) is 0 Å². The summed E-state index contributed by atoms with van der Waals surface area (Å²) in [6, 6.07) is 5.13. The minimum Gasteiger partial charge on any atom is -0.493 e. The highest BCUT2D eigenvalue weighted by molar-refractivity contribution is 7.90. The second-order valence-corrected chi connectivity index (χ2v) is 10.4. The van der Waals surface area contributed by atoms with E-state index in [-0.39, 0.29) is 28.7 Å². The number of amides is 1. The molecule has 2 rings (SSSR count). The van der Waals surface area contributed by atoms with E-state index in [1.807, 2.05) is 11.6 Å². The van der Waals surface area contributed by atoms with Gasteiger partial charge in [0.15, 0.2) is 5.76 Å². The number of sulfonamides is 1. The van der Waals surface area contributed by atoms with E-state index in [9.17, 15) is 26.4 Å². The van der Waals surface area contributed by atoms with Crippen LogP contribution in [0.3, 0.4) is 0 Å². The van der Waals surface area contributed by atoms with Gasteiger partial charge >= 0.3 is 6.18 Å². The van der Waals surface area contributed by atoms with Gasteiger partial charge in [0.1, 0.15) is 16.5 Å². The van der Waals surface area contributed by atoms with Gasteiger partial charge < -0.3 is 18.9 Å². The van der Waals surface area contributed by atoms with Gasteiger partial charge in [-0.25, -0.2) is 18.1 Å². The summed E-state index contributed by atoms with van der Waals surface area (Å²) in [5, 5.41) is -0.408. The molecule has 0 saturated carbocycles. The number of rotatable bonds is 15. The third-order valence-electron chi connectivity index (χ3n) is 5.08. The molecule has 0 fully saturated rings. The Balaban J connectivity index is 2.40. The van der Waals surface area contributed by atoms with Crippen LogP contribution in [0.1, 0.15) is 43.7 Å². The maximum atomic E-state index is 13.0. The van der Waals surface area contributed by atoms with Crippen molar-refractivity contribution in [1.82, 2.24) is 9.71 Å². The molecule has 0 aliphatic heterocycles. The van der Waals surface area contributed by atoms with Crippen LogP contribution in [0.4, 0.5) is 13.2 Å². The van der Waals surface area contributed by atoms with Crippen LogP contribution in [-0.2, 0) is 30.5 Å². The number of benzene rings is 1. The Morgan fingerprint density at radius 3 is 2.49 bits per heavy atom. The first-order valence-corrected chi connectivity index (χ1v) is 13.9. The summed E-state index contributed by atoms with van der Waals surface area (Å²) in [4.78, 5) is 16.3. The molecule has 0 radical (unpaired) electrons. The largest absolute Gasteiger partial charge is 0.493 e. The second kappa shape index (κ2) is 14.9. The monoisotopic (exact) mass is 594 g/mol. The number of pyridine rings is 1. The van der Waals surface area contributed by atoms with Crippen LogP contribution in [0, 0.1) is 0 Å². The average Bonchev–Trinajstić information content (AvgIpc) is 2.86. The minimum atomic E-state index is -4.66. The number of aromatic nitrogens is 1. The lowest BCUT2D eigenvalue weighted by atomic mass is 10.1. The molecule has 0 unspecified atom stereocenters. The predicted molar refractivity (Wildman–Crippen MR) is 139 cm³/mol. The van der Waals surface area contributed by atoms with E-state index in [0.29, 0.717) is 50.5 Å². The van der Waals surface area contributed by atoms with E-state index in [1.165, 1.54) is 25.3 Å². The number of alkyl halides is 3. The Kier molecular flexibility index (Phi) is 12.3. The van der Waals surface area contributed by atoms with Gasteiger partial charge in [-0.15, -0.1) is 0 Å². The summed E-state index contributed by atoms with van der Waals surface area (Å²) in [6.45, 7) is 2.67. The normalized spacial score (nSPS) is 12.2. The van der Waals surface area contributed by atoms with Crippen molar-refractivity contribution < 1.29 is 45.3 Å². The summed E-state index contributed by atoms with van der Waals surface area (Å²) in [5.41, 5.74) is -0.860. The lowest BCUT2D eigenvalue weighted by Crippen LogP contribution is -2.34. The number of hydrogen-bond acceptors (Lipinski definition) is 8. The fourth-order valence-electron chi connectivity index (χ4n) is 3.11. The molecule has 9 nitrogen and oxygen atoms in total. The van der Waals surface area contributed by atoms with Crippen molar-refractivity contribution in [3.8, 4) is 17.4 Å². The molecule has 0 saturated heterocycles. The number of ether oxygens (including phenoxy) is 4. The first-order valence-electron chi connectivity index (χ1n) is 11.9. The van der Waals surface area contributed by atoms with Crippen molar-refractivity contribution in [2.24, 2.45) is 0 Å². The fraction of sp³-hybridized carbons (Fsp3) is 0.440. The number of nitrogens with one attached hydrogen (secondary N) is 1. The van der Waals surface area contributed by atoms with Crippen molar-refractivity contribution in [3.63, 3.8) is 0 Å². The second-order valence-electron chi connectivity index (χ2n) is 8.18. The average molecular weight is 595 g/mol. The van der Waals surface area contributed by atoms with Crippen LogP contribution < -0.4 is 14.2 Å². The first kappa shape index (κ1) is 32.2. The smallest absolute Gasteiger partial charge is 0.417 e. The Hall–Kier alpha value is -3.03. The summed E-state index contributed by atoms with van der Waals surface area (Å²) in [7, 11) is -1.18. The lowest BCUT2D eigenvalue weighted by molar-refractivity contribution is -0.137. The highest BCUT2D eigenvalue weighted by Gasteiger charge is 2.32. The van der Waals surface area contributed by atoms with E-state index >= 15 is 0 Å². The Morgan fingerprint density at radius 2 is 1.87 bits per heavy atom. The maximum Gasteiger partial charge on any atom is 0.417 e. The molecule has 0 atom stereocenters. The summed E-state index contributed by atoms with van der Waals surface area (Å²) in [6.07, 6.45) is -0.422. The number of unbranched alkanes of at least 4 members (excludes halogenated alkanes) is 2. The zero-order valence-corrected chi connectivity index (χ0v) is 23.2. The number of methoxy groups -OCH3 is 2. The molecule has 39 heavy (non-hydrogen) atoms. The molecule has 2 aromatic rings. The number of nitrogens with zero attached hydrogens (tertiary/aromatic N) is 1. The molecule has 216 valence electrons. The van der Waals surface area contributed by atoms with Gasteiger partial charge in [-0.1, -0.05) is 31.4 Å². The van der Waals surface area contributed by atoms with E-state index in [0.717, 1.165) is 6.42 Å². The summed E-state index contributed by atoms with van der Waals surface area (Å²) >= 11 is 6.00. The van der Waals surface area contributed by atoms with E-state index < -0.39 is 32.7 Å². The molecule has 1 heterocycles. The molecule has 1 aromatic heterocycles. The zero-order chi connectivity index (χ0) is 29.1. The van der Waals surface area contributed by atoms with Gasteiger partial charge in [-0.3, -0.25) is 4.79 Å². The Labute approximate surface area is 230 Å². The predicted octanol–water partition coefficient (Wildman–Crippen LogP) is 5.58. The molecular weight excluding hydrogens is 565 g/mol. The third-order valence-corrected chi connectivity index (χ3v) is 6.68. The molecule has 1 amide bonds. The summed E-state index contributed by atoms with van der Waals surface area (Å²) in [5.74, 6) is -1.60. The fourth-order valence-corrected chi connectivity index (χ4v) is 4.38. The number of carbonyl (C=O) groups excluding carboxylic acids is 1. The molecule has 0 spiro atoms. The molecule has 0 aliphatic carbocycles. The molecular formula is C25H30ClF3N2O7S. The van der Waals surface area contributed by atoms with Gasteiger partial charge in [-0.2, -0.15) is 13.2 Å². The molecule has 14 heteroatoms. The SMILES string of the molecule is CCCCCS(=O)(=O)NC(=O)/C(=C\c1ccc(OCCCOC)cc1Oc1ncc(C(F)(F)F)cc1Cl)OC. The van der Waals surface area contributed by atoms with Crippen LogP contribution >= 0.6 is 11.6 Å². The van der Waals surface area contributed by atoms with Crippen LogP contribution in [0.25, 0.3) is 6.08 Å².